The van der Waals surface area contributed by atoms with E-state index < -0.39 is 11.7 Å². The number of nitrogens with zero attached hydrogens (tertiary/aromatic N) is 1. The molecule has 2 aliphatic heterocycles. The monoisotopic (exact) mass is 387 g/mol. The van der Waals surface area contributed by atoms with E-state index >= 15 is 0 Å². The van der Waals surface area contributed by atoms with Crippen molar-refractivity contribution in [3.05, 3.63) is 23.3 Å². The molecule has 154 valence electrons. The quantitative estimate of drug-likeness (QED) is 0.700. The van der Waals surface area contributed by atoms with Gasteiger partial charge in [0.1, 0.15) is 17.5 Å². The number of benzene rings is 1. The highest BCUT2D eigenvalue weighted by Crippen LogP contribution is 2.43. The van der Waals surface area contributed by atoms with Gasteiger partial charge >= 0.3 is 0 Å². The van der Waals surface area contributed by atoms with Crippen LogP contribution < -0.4 is 15.4 Å². The number of ether oxygens (including phenoxy) is 1. The van der Waals surface area contributed by atoms with E-state index in [1.54, 1.807) is 0 Å². The van der Waals surface area contributed by atoms with Gasteiger partial charge in [0.15, 0.2) is 0 Å². The van der Waals surface area contributed by atoms with Crippen molar-refractivity contribution in [1.82, 2.24) is 10.2 Å². The van der Waals surface area contributed by atoms with Gasteiger partial charge in [0.25, 0.3) is 0 Å². The number of aliphatic hydroxyl groups is 1. The van der Waals surface area contributed by atoms with Gasteiger partial charge in [0.2, 0.25) is 5.91 Å². The Hall–Kier alpha value is -1.79. The number of likely N-dealkylation sites (tertiary alicyclic amines) is 1. The lowest BCUT2D eigenvalue weighted by Gasteiger charge is -2.43. The highest BCUT2D eigenvalue weighted by atomic mass is 16.5. The summed E-state index contributed by atoms with van der Waals surface area (Å²) in [6.07, 6.45) is 4.52. The van der Waals surface area contributed by atoms with Crippen molar-refractivity contribution in [3.63, 3.8) is 0 Å². The smallest absolute Gasteiger partial charge is 0.222 e. The fraction of sp³-hybridized carbons (Fsp3) is 0.682. The Morgan fingerprint density at radius 1 is 1.29 bits per heavy atom. The van der Waals surface area contributed by atoms with Crippen LogP contribution in [0, 0.1) is 6.92 Å². The number of carbonyl (C=O) groups is 1. The zero-order valence-corrected chi connectivity index (χ0v) is 17.3. The number of fused-ring (bicyclic) bond motifs is 1. The predicted octanol–water partition coefficient (Wildman–Crippen LogP) is 2.74. The van der Waals surface area contributed by atoms with Crippen molar-refractivity contribution in [2.75, 3.05) is 25.0 Å². The van der Waals surface area contributed by atoms with Crippen molar-refractivity contribution >= 4 is 11.6 Å². The molecular formula is C22H33N3O3. The summed E-state index contributed by atoms with van der Waals surface area (Å²) in [7, 11) is 0. The molecule has 0 spiro atoms. The summed E-state index contributed by atoms with van der Waals surface area (Å²) in [5.74, 6) is 1.12. The first-order chi connectivity index (χ1) is 13.3. The number of aryl methyl sites for hydroxylation is 1. The van der Waals surface area contributed by atoms with Crippen LogP contribution in [0.4, 0.5) is 5.69 Å². The summed E-state index contributed by atoms with van der Waals surface area (Å²) in [5, 5.41) is 18.0. The van der Waals surface area contributed by atoms with Crippen molar-refractivity contribution in [1.29, 1.82) is 0 Å². The molecule has 6 nitrogen and oxygen atoms in total. The molecule has 1 aromatic carbocycles. The van der Waals surface area contributed by atoms with Crippen LogP contribution in [0.1, 0.15) is 63.1 Å². The molecule has 3 N–H and O–H groups in total. The number of nitrogens with one attached hydrogen (secondary N) is 2. The summed E-state index contributed by atoms with van der Waals surface area (Å²) in [5.41, 5.74) is 2.54. The van der Waals surface area contributed by atoms with Crippen LogP contribution in [0.15, 0.2) is 12.1 Å². The molecule has 6 heteroatoms. The molecule has 1 aromatic rings. The highest BCUT2D eigenvalue weighted by Gasteiger charge is 2.44. The van der Waals surface area contributed by atoms with Gasteiger partial charge in [-0.05, 0) is 64.2 Å². The van der Waals surface area contributed by atoms with Crippen LogP contribution in [-0.2, 0) is 4.79 Å². The van der Waals surface area contributed by atoms with Gasteiger partial charge in [0, 0.05) is 43.3 Å². The molecule has 2 heterocycles. The zero-order valence-electron chi connectivity index (χ0n) is 17.3. The van der Waals surface area contributed by atoms with Gasteiger partial charge in [-0.1, -0.05) is 0 Å². The van der Waals surface area contributed by atoms with Gasteiger partial charge < -0.3 is 25.4 Å². The average Bonchev–Trinajstić information content (AvgIpc) is 3.45. The van der Waals surface area contributed by atoms with E-state index in [-0.39, 0.29) is 11.9 Å². The van der Waals surface area contributed by atoms with Crippen LogP contribution in [0.5, 0.6) is 5.75 Å². The van der Waals surface area contributed by atoms with Crippen molar-refractivity contribution < 1.29 is 14.6 Å². The highest BCUT2D eigenvalue weighted by molar-refractivity contribution is 5.76. The maximum Gasteiger partial charge on any atom is 0.222 e. The summed E-state index contributed by atoms with van der Waals surface area (Å²) in [6.45, 7) is 8.27. The zero-order chi connectivity index (χ0) is 19.9. The Balaban J connectivity index is 1.50. The lowest BCUT2D eigenvalue weighted by Crippen LogP contribution is -2.53. The molecule has 2 fully saturated rings. The SMILES string of the molecule is Cc1cc2c(cc1NCCN1CCCCC1=O)[C@H](NC1CC1)[C@@H](O)C(C)(C)O2. The molecule has 4 rings (SSSR count). The van der Waals surface area contributed by atoms with Crippen molar-refractivity contribution in [3.8, 4) is 5.75 Å². The number of hydrogen-bond donors (Lipinski definition) is 3. The molecule has 2 atom stereocenters. The van der Waals surface area contributed by atoms with E-state index in [0.29, 0.717) is 12.5 Å². The number of rotatable bonds is 6. The van der Waals surface area contributed by atoms with Gasteiger partial charge in [-0.25, -0.2) is 0 Å². The second kappa shape index (κ2) is 7.56. The van der Waals surface area contributed by atoms with E-state index in [4.69, 9.17) is 4.74 Å². The van der Waals surface area contributed by atoms with Crippen LogP contribution in [0.2, 0.25) is 0 Å². The number of piperidine rings is 1. The van der Waals surface area contributed by atoms with Crippen LogP contribution in [0.3, 0.4) is 0 Å². The molecule has 0 bridgehead atoms. The molecule has 1 amide bonds. The van der Waals surface area contributed by atoms with Crippen molar-refractivity contribution in [2.24, 2.45) is 0 Å². The minimum absolute atomic E-state index is 0.129. The first-order valence-electron chi connectivity index (χ1n) is 10.6. The molecule has 0 unspecified atom stereocenters. The minimum Gasteiger partial charge on any atom is -0.485 e. The Morgan fingerprint density at radius 3 is 2.79 bits per heavy atom. The van der Waals surface area contributed by atoms with E-state index in [1.807, 2.05) is 18.7 Å². The number of aliphatic hydroxyl groups excluding tert-OH is 1. The third kappa shape index (κ3) is 3.98. The number of anilines is 1. The lowest BCUT2D eigenvalue weighted by molar-refractivity contribution is -0.133. The van der Waals surface area contributed by atoms with Gasteiger partial charge in [-0.15, -0.1) is 0 Å². The molecule has 0 radical (unpaired) electrons. The maximum absolute atomic E-state index is 12.0. The normalized spacial score (nSPS) is 26.6. The average molecular weight is 388 g/mol. The molecule has 3 aliphatic rings. The standard InChI is InChI=1S/C22H33N3O3/c1-14-12-18-16(20(24-15-7-8-15)21(27)22(2,3)28-18)13-17(14)23-9-11-25-10-5-4-6-19(25)26/h12-13,15,20-21,23-24,27H,4-11H2,1-3H3/t20-,21+/m0/s1. The Labute approximate surface area is 167 Å². The van der Waals surface area contributed by atoms with Crippen LogP contribution in [0.25, 0.3) is 0 Å². The molecule has 1 saturated carbocycles. The fourth-order valence-corrected chi connectivity index (χ4v) is 4.24. The van der Waals surface area contributed by atoms with E-state index in [0.717, 1.165) is 55.0 Å². The van der Waals surface area contributed by atoms with Crippen LogP contribution in [-0.4, -0.2) is 53.3 Å². The van der Waals surface area contributed by atoms with Crippen molar-refractivity contribution in [2.45, 2.75) is 76.7 Å². The van der Waals surface area contributed by atoms with E-state index in [1.165, 1.54) is 12.8 Å². The number of hydrogen-bond acceptors (Lipinski definition) is 5. The predicted molar refractivity (Wildman–Crippen MR) is 110 cm³/mol. The molecule has 28 heavy (non-hydrogen) atoms. The van der Waals surface area contributed by atoms with E-state index in [9.17, 15) is 9.90 Å². The minimum atomic E-state index is -0.629. The third-order valence-corrected chi connectivity index (χ3v) is 6.20. The summed E-state index contributed by atoms with van der Waals surface area (Å²) < 4.78 is 6.14. The Bertz CT molecular complexity index is 745. The summed E-state index contributed by atoms with van der Waals surface area (Å²) in [6, 6.07) is 4.54. The number of amides is 1. The van der Waals surface area contributed by atoms with Gasteiger partial charge in [-0.3, -0.25) is 4.79 Å². The van der Waals surface area contributed by atoms with Gasteiger partial charge in [-0.2, -0.15) is 0 Å². The second-order valence-electron chi connectivity index (χ2n) is 9.04. The summed E-state index contributed by atoms with van der Waals surface area (Å²) >= 11 is 0. The van der Waals surface area contributed by atoms with Crippen LogP contribution >= 0.6 is 0 Å². The largest absolute Gasteiger partial charge is 0.485 e. The molecule has 0 aromatic heterocycles. The van der Waals surface area contributed by atoms with E-state index in [2.05, 4.69) is 29.7 Å². The first kappa shape index (κ1) is 19.5. The molecule has 1 saturated heterocycles. The number of carbonyl (C=O) groups excluding carboxylic acids is 1. The molecule has 1 aliphatic carbocycles. The lowest BCUT2D eigenvalue weighted by atomic mass is 9.85. The third-order valence-electron chi connectivity index (χ3n) is 6.20. The van der Waals surface area contributed by atoms with Gasteiger partial charge in [0.05, 0.1) is 6.04 Å². The second-order valence-corrected chi connectivity index (χ2v) is 9.04. The maximum atomic E-state index is 12.0. The molecular weight excluding hydrogens is 354 g/mol. The summed E-state index contributed by atoms with van der Waals surface area (Å²) in [4.78, 5) is 13.9. The Kier molecular flexibility index (Phi) is 5.27. The topological polar surface area (TPSA) is 73.8 Å². The Morgan fingerprint density at radius 2 is 2.07 bits per heavy atom. The first-order valence-corrected chi connectivity index (χ1v) is 10.6. The fourth-order valence-electron chi connectivity index (χ4n) is 4.24.